The number of anilines is 2. The largest absolute Gasteiger partial charge is 0.493 e. The van der Waals surface area contributed by atoms with Crippen molar-refractivity contribution >= 4 is 28.9 Å². The molecule has 0 spiro atoms. The zero-order valence-corrected chi connectivity index (χ0v) is 26.1. The Hall–Kier alpha value is -4.86. The summed E-state index contributed by atoms with van der Waals surface area (Å²) in [4.78, 5) is 15.2. The highest BCUT2D eigenvalue weighted by Gasteiger charge is 2.19. The van der Waals surface area contributed by atoms with Gasteiger partial charge in [-0.3, -0.25) is 9.69 Å². The maximum absolute atomic E-state index is 12.8. The highest BCUT2D eigenvalue weighted by atomic mass is 35.5. The molecule has 0 bridgehead atoms. The van der Waals surface area contributed by atoms with Crippen LogP contribution in [0.4, 0.5) is 11.4 Å². The molecule has 0 radical (unpaired) electrons. The lowest BCUT2D eigenvalue weighted by Gasteiger charge is -2.29. The highest BCUT2D eigenvalue weighted by molar-refractivity contribution is 6.31. The van der Waals surface area contributed by atoms with Crippen LogP contribution in [0.15, 0.2) is 91.1 Å². The smallest absolute Gasteiger partial charge is 0.255 e. The van der Waals surface area contributed by atoms with E-state index in [1.54, 1.807) is 43.2 Å². The van der Waals surface area contributed by atoms with Gasteiger partial charge in [-0.2, -0.15) is 0 Å². The minimum absolute atomic E-state index is 0.232. The first-order chi connectivity index (χ1) is 22.0. The standard InChI is InChI=1S/C35H35ClN6O3/c1-44-33-19-25-15-17-41(22-27(25)20-34(33)45-2)16-14-24-10-12-30(13-11-24)42-23-29(39-40-42)21-37-31-8-3-4-9-32(31)38-35(43)26-6-5-7-28(36)18-26/h3-13,18-20,23,37H,14-17,21-22H2,1-2H3,(H,38,43). The van der Waals surface area contributed by atoms with Gasteiger partial charge in [0.15, 0.2) is 11.5 Å². The normalized spacial score (nSPS) is 12.8. The number of carbonyl (C=O) groups excluding carboxylic acids is 1. The first-order valence-corrected chi connectivity index (χ1v) is 15.2. The number of hydrogen-bond donors (Lipinski definition) is 2. The average Bonchev–Trinajstić information content (AvgIpc) is 3.55. The molecule has 0 unspecified atom stereocenters. The Balaban J connectivity index is 1.02. The Morgan fingerprint density at radius 3 is 2.42 bits per heavy atom. The van der Waals surface area contributed by atoms with Crippen LogP contribution in [-0.2, 0) is 25.9 Å². The Labute approximate surface area is 267 Å². The van der Waals surface area contributed by atoms with Crippen LogP contribution in [0, 0.1) is 0 Å². The summed E-state index contributed by atoms with van der Waals surface area (Å²) in [5.74, 6) is 1.34. The van der Waals surface area contributed by atoms with Gasteiger partial charge in [0.25, 0.3) is 5.91 Å². The molecule has 6 rings (SSSR count). The Bertz CT molecular complexity index is 1790. The number of aromatic nitrogens is 3. The summed E-state index contributed by atoms with van der Waals surface area (Å²) >= 11 is 6.05. The minimum Gasteiger partial charge on any atom is -0.493 e. The lowest BCUT2D eigenvalue weighted by molar-refractivity contribution is 0.102. The number of ether oxygens (including phenoxy) is 2. The molecular weight excluding hydrogens is 588 g/mol. The molecule has 5 aromatic rings. The number of nitrogens with zero attached hydrogens (tertiary/aromatic N) is 4. The van der Waals surface area contributed by atoms with Crippen LogP contribution in [0.3, 0.4) is 0 Å². The summed E-state index contributed by atoms with van der Waals surface area (Å²) in [5.41, 5.74) is 7.56. The number of rotatable bonds is 11. The van der Waals surface area contributed by atoms with Crippen LogP contribution in [-0.4, -0.2) is 53.1 Å². The number of amides is 1. The molecule has 0 saturated carbocycles. The molecule has 0 aliphatic carbocycles. The summed E-state index contributed by atoms with van der Waals surface area (Å²) in [7, 11) is 3.36. The number of methoxy groups -OCH3 is 2. The first-order valence-electron chi connectivity index (χ1n) is 14.9. The number of halogens is 1. The van der Waals surface area contributed by atoms with E-state index in [0.717, 1.165) is 61.0 Å². The van der Waals surface area contributed by atoms with Crippen molar-refractivity contribution in [3.05, 3.63) is 124 Å². The van der Waals surface area contributed by atoms with Crippen molar-refractivity contribution in [3.63, 3.8) is 0 Å². The second-order valence-corrected chi connectivity index (χ2v) is 11.4. The molecule has 0 atom stereocenters. The van der Waals surface area contributed by atoms with Gasteiger partial charge in [0.1, 0.15) is 5.69 Å². The second kappa shape index (κ2) is 13.8. The molecule has 1 aromatic heterocycles. The molecular formula is C35H35ClN6O3. The van der Waals surface area contributed by atoms with E-state index in [1.807, 2.05) is 30.5 Å². The third kappa shape index (κ3) is 7.28. The third-order valence-electron chi connectivity index (χ3n) is 7.98. The molecule has 45 heavy (non-hydrogen) atoms. The van der Waals surface area contributed by atoms with Crippen LogP contribution in [0.25, 0.3) is 5.69 Å². The van der Waals surface area contributed by atoms with Crippen molar-refractivity contribution in [1.29, 1.82) is 0 Å². The van der Waals surface area contributed by atoms with Gasteiger partial charge in [-0.05, 0) is 84.1 Å². The van der Waals surface area contributed by atoms with Crippen LogP contribution in [0.1, 0.15) is 32.7 Å². The molecule has 9 nitrogen and oxygen atoms in total. The molecule has 1 aliphatic heterocycles. The quantitative estimate of drug-likeness (QED) is 0.176. The summed E-state index contributed by atoms with van der Waals surface area (Å²) in [6.07, 6.45) is 3.87. The summed E-state index contributed by atoms with van der Waals surface area (Å²) in [5, 5.41) is 15.5. The fourth-order valence-corrected chi connectivity index (χ4v) is 5.69. The van der Waals surface area contributed by atoms with E-state index in [4.69, 9.17) is 21.1 Å². The number of hydrogen-bond acceptors (Lipinski definition) is 7. The molecule has 2 heterocycles. The predicted molar refractivity (Wildman–Crippen MR) is 177 cm³/mol. The molecule has 10 heteroatoms. The van der Waals surface area contributed by atoms with Gasteiger partial charge in [0, 0.05) is 30.2 Å². The van der Waals surface area contributed by atoms with E-state index in [-0.39, 0.29) is 5.91 Å². The Morgan fingerprint density at radius 2 is 1.67 bits per heavy atom. The fourth-order valence-electron chi connectivity index (χ4n) is 5.50. The minimum atomic E-state index is -0.232. The Kier molecular flexibility index (Phi) is 9.28. The zero-order chi connectivity index (χ0) is 31.2. The first kappa shape index (κ1) is 30.2. The van der Waals surface area contributed by atoms with Gasteiger partial charge >= 0.3 is 0 Å². The predicted octanol–water partition coefficient (Wildman–Crippen LogP) is 6.40. The number of nitrogens with one attached hydrogen (secondary N) is 2. The van der Waals surface area contributed by atoms with Crippen molar-refractivity contribution in [2.24, 2.45) is 0 Å². The van der Waals surface area contributed by atoms with E-state index >= 15 is 0 Å². The van der Waals surface area contributed by atoms with Gasteiger partial charge < -0.3 is 20.1 Å². The van der Waals surface area contributed by atoms with Gasteiger partial charge in [-0.1, -0.05) is 47.1 Å². The van der Waals surface area contributed by atoms with Crippen molar-refractivity contribution in [3.8, 4) is 17.2 Å². The summed E-state index contributed by atoms with van der Waals surface area (Å²) in [6, 6.07) is 27.1. The summed E-state index contributed by atoms with van der Waals surface area (Å²) < 4.78 is 12.8. The van der Waals surface area contributed by atoms with Crippen molar-refractivity contribution in [2.45, 2.75) is 25.9 Å². The van der Waals surface area contributed by atoms with Gasteiger partial charge in [-0.25, -0.2) is 4.68 Å². The maximum Gasteiger partial charge on any atom is 0.255 e. The average molecular weight is 623 g/mol. The van der Waals surface area contributed by atoms with Crippen LogP contribution >= 0.6 is 11.6 Å². The van der Waals surface area contributed by atoms with E-state index in [0.29, 0.717) is 22.8 Å². The third-order valence-corrected chi connectivity index (χ3v) is 8.21. The number of benzene rings is 4. The zero-order valence-electron chi connectivity index (χ0n) is 25.3. The SMILES string of the molecule is COc1cc2c(cc1OC)CN(CCc1ccc(-n3cc(CNc4ccccc4NC(=O)c4cccc(Cl)c4)nn3)cc1)CC2. The monoisotopic (exact) mass is 622 g/mol. The van der Waals surface area contributed by atoms with Crippen LogP contribution in [0.5, 0.6) is 11.5 Å². The van der Waals surface area contributed by atoms with Crippen LogP contribution < -0.4 is 20.1 Å². The molecule has 0 fully saturated rings. The van der Waals surface area contributed by atoms with Gasteiger partial charge in [-0.15, -0.1) is 5.10 Å². The van der Waals surface area contributed by atoms with Crippen molar-refractivity contribution in [2.75, 3.05) is 37.9 Å². The van der Waals surface area contributed by atoms with E-state index < -0.39 is 0 Å². The lowest BCUT2D eigenvalue weighted by Crippen LogP contribution is -2.32. The number of fused-ring (bicyclic) bond motifs is 1. The molecule has 2 N–H and O–H groups in total. The van der Waals surface area contributed by atoms with E-state index in [9.17, 15) is 4.79 Å². The topological polar surface area (TPSA) is 93.5 Å². The second-order valence-electron chi connectivity index (χ2n) is 10.9. The number of para-hydroxylation sites is 2. The van der Waals surface area contributed by atoms with Crippen molar-refractivity contribution < 1.29 is 14.3 Å². The lowest BCUT2D eigenvalue weighted by atomic mass is 9.98. The van der Waals surface area contributed by atoms with Crippen molar-refractivity contribution in [1.82, 2.24) is 19.9 Å². The van der Waals surface area contributed by atoms with Gasteiger partial charge in [0.05, 0.1) is 44.0 Å². The maximum atomic E-state index is 12.8. The van der Waals surface area contributed by atoms with E-state index in [1.165, 1.54) is 16.7 Å². The highest BCUT2D eigenvalue weighted by Crippen LogP contribution is 2.33. The molecule has 1 amide bonds. The molecule has 0 saturated heterocycles. The van der Waals surface area contributed by atoms with Crippen LogP contribution in [0.2, 0.25) is 5.02 Å². The summed E-state index contributed by atoms with van der Waals surface area (Å²) in [6.45, 7) is 3.35. The van der Waals surface area contributed by atoms with E-state index in [2.05, 4.69) is 62.2 Å². The number of carbonyl (C=O) groups is 1. The molecule has 4 aromatic carbocycles. The fraction of sp³-hybridized carbons (Fsp3) is 0.229. The Morgan fingerprint density at radius 1 is 0.911 bits per heavy atom. The van der Waals surface area contributed by atoms with Gasteiger partial charge in [0.2, 0.25) is 0 Å². The molecule has 230 valence electrons. The molecule has 1 aliphatic rings.